The molecule has 0 aromatic heterocycles. The first-order valence-electron chi connectivity index (χ1n) is 10.8. The minimum atomic E-state index is -0.0985. The number of rotatable bonds is 1. The molecular formula is C24H30O3. The summed E-state index contributed by atoms with van der Waals surface area (Å²) in [5.41, 5.74) is 2.98. The zero-order chi connectivity index (χ0) is 18.8. The summed E-state index contributed by atoms with van der Waals surface area (Å²) in [7, 11) is 0. The molecule has 3 fully saturated rings. The number of carbonyl (C=O) groups is 2. The van der Waals surface area contributed by atoms with Crippen molar-refractivity contribution < 1.29 is 14.3 Å². The second-order valence-corrected chi connectivity index (χ2v) is 9.91. The lowest BCUT2D eigenvalue weighted by molar-refractivity contribution is -0.135. The zero-order valence-corrected chi connectivity index (χ0v) is 16.6. The standard InChI is InChI=1S/C24H30O3/c1-23-11-9-15(14-17-4-8-22(26)27-17)13-16(23)3-5-18-19-6-7-21(25)24(19,2)12-10-20(18)23/h3,13-14,18-20H,4-12H2,1-2H3/b17-14+/t18-,19-,20-,23-,24-/m0/s1. The molecule has 1 aliphatic heterocycles. The molecule has 3 heteroatoms. The Morgan fingerprint density at radius 2 is 1.81 bits per heavy atom. The average Bonchev–Trinajstić information content (AvgIpc) is 3.18. The molecule has 0 amide bonds. The van der Waals surface area contributed by atoms with E-state index in [9.17, 15) is 9.59 Å². The number of allylic oxidation sites excluding steroid dienone is 6. The first-order chi connectivity index (χ1) is 12.9. The molecule has 0 aromatic rings. The predicted octanol–water partition coefficient (Wildman–Crippen LogP) is 5.28. The van der Waals surface area contributed by atoms with Crippen LogP contribution in [-0.4, -0.2) is 11.8 Å². The molecule has 1 saturated heterocycles. The lowest BCUT2D eigenvalue weighted by Gasteiger charge is -2.55. The summed E-state index contributed by atoms with van der Waals surface area (Å²) in [5, 5.41) is 0. The Morgan fingerprint density at radius 1 is 1.00 bits per heavy atom. The molecule has 5 atom stereocenters. The third-order valence-electron chi connectivity index (χ3n) is 8.67. The van der Waals surface area contributed by atoms with Crippen LogP contribution >= 0.6 is 0 Å². The van der Waals surface area contributed by atoms with Crippen molar-refractivity contribution in [2.45, 2.75) is 71.6 Å². The molecule has 1 heterocycles. The highest BCUT2D eigenvalue weighted by Crippen LogP contribution is 2.63. The van der Waals surface area contributed by atoms with E-state index >= 15 is 0 Å². The van der Waals surface area contributed by atoms with Crippen LogP contribution in [0.2, 0.25) is 0 Å². The third kappa shape index (κ3) is 2.53. The maximum absolute atomic E-state index is 12.5. The van der Waals surface area contributed by atoms with E-state index in [0.717, 1.165) is 44.3 Å². The van der Waals surface area contributed by atoms with E-state index in [4.69, 9.17) is 4.74 Å². The van der Waals surface area contributed by atoms with Gasteiger partial charge in [0.1, 0.15) is 11.5 Å². The number of carbonyl (C=O) groups excluding carboxylic acids is 2. The number of esters is 1. The largest absolute Gasteiger partial charge is 0.431 e. The molecule has 144 valence electrons. The van der Waals surface area contributed by atoms with Gasteiger partial charge in [0, 0.05) is 18.3 Å². The Hall–Kier alpha value is -1.64. The Kier molecular flexibility index (Phi) is 3.83. The number of cyclic esters (lactones) is 1. The summed E-state index contributed by atoms with van der Waals surface area (Å²) in [5.74, 6) is 3.23. The second kappa shape index (κ2) is 5.93. The van der Waals surface area contributed by atoms with Crippen LogP contribution in [0.3, 0.4) is 0 Å². The molecule has 2 saturated carbocycles. The summed E-state index contributed by atoms with van der Waals surface area (Å²) in [6, 6.07) is 0. The van der Waals surface area contributed by atoms with Crippen LogP contribution in [0.1, 0.15) is 71.6 Å². The summed E-state index contributed by atoms with van der Waals surface area (Å²) >= 11 is 0. The molecule has 0 spiro atoms. The maximum Gasteiger partial charge on any atom is 0.311 e. The van der Waals surface area contributed by atoms with Crippen molar-refractivity contribution in [2.75, 3.05) is 0 Å². The summed E-state index contributed by atoms with van der Waals surface area (Å²) in [6.07, 6.45) is 15.7. The number of ketones is 1. The van der Waals surface area contributed by atoms with E-state index < -0.39 is 0 Å². The van der Waals surface area contributed by atoms with Gasteiger partial charge in [0.15, 0.2) is 0 Å². The molecule has 0 bridgehead atoms. The van der Waals surface area contributed by atoms with Crippen LogP contribution in [0.25, 0.3) is 0 Å². The highest BCUT2D eigenvalue weighted by Gasteiger charge is 2.58. The van der Waals surface area contributed by atoms with Crippen LogP contribution in [-0.2, 0) is 14.3 Å². The van der Waals surface area contributed by atoms with E-state index in [1.54, 1.807) is 0 Å². The monoisotopic (exact) mass is 366 g/mol. The lowest BCUT2D eigenvalue weighted by Crippen LogP contribution is -2.49. The first kappa shape index (κ1) is 17.5. The lowest BCUT2D eigenvalue weighted by atomic mass is 9.48. The quantitative estimate of drug-likeness (QED) is 0.593. The molecule has 4 aliphatic carbocycles. The summed E-state index contributed by atoms with van der Waals surface area (Å²) in [4.78, 5) is 23.9. The molecular weight excluding hydrogens is 336 g/mol. The molecule has 0 unspecified atom stereocenters. The zero-order valence-electron chi connectivity index (χ0n) is 16.6. The number of Topliss-reactive ketones (excluding diaryl/α,β-unsaturated/α-hetero) is 1. The van der Waals surface area contributed by atoms with E-state index in [-0.39, 0.29) is 16.8 Å². The minimum Gasteiger partial charge on any atom is -0.431 e. The van der Waals surface area contributed by atoms with Gasteiger partial charge < -0.3 is 4.74 Å². The predicted molar refractivity (Wildman–Crippen MR) is 104 cm³/mol. The van der Waals surface area contributed by atoms with Crippen molar-refractivity contribution in [3.05, 3.63) is 35.1 Å². The molecule has 0 N–H and O–H groups in total. The second-order valence-electron chi connectivity index (χ2n) is 9.91. The van der Waals surface area contributed by atoms with Crippen molar-refractivity contribution in [2.24, 2.45) is 28.6 Å². The van der Waals surface area contributed by atoms with E-state index in [2.05, 4.69) is 32.1 Å². The van der Waals surface area contributed by atoms with Gasteiger partial charge in [-0.25, -0.2) is 0 Å². The van der Waals surface area contributed by atoms with Crippen molar-refractivity contribution in [3.8, 4) is 0 Å². The van der Waals surface area contributed by atoms with Crippen molar-refractivity contribution in [1.82, 2.24) is 0 Å². The Balaban J connectivity index is 1.44. The van der Waals surface area contributed by atoms with Gasteiger partial charge >= 0.3 is 5.97 Å². The molecule has 0 radical (unpaired) electrons. The van der Waals surface area contributed by atoms with Gasteiger partial charge in [-0.2, -0.15) is 0 Å². The van der Waals surface area contributed by atoms with Crippen molar-refractivity contribution in [1.29, 1.82) is 0 Å². The third-order valence-corrected chi connectivity index (χ3v) is 8.67. The number of hydrogen-bond acceptors (Lipinski definition) is 3. The van der Waals surface area contributed by atoms with Crippen molar-refractivity contribution in [3.63, 3.8) is 0 Å². The Morgan fingerprint density at radius 3 is 2.59 bits per heavy atom. The number of hydrogen-bond donors (Lipinski definition) is 0. The topological polar surface area (TPSA) is 43.4 Å². The van der Waals surface area contributed by atoms with Gasteiger partial charge in [-0.3, -0.25) is 9.59 Å². The fourth-order valence-electron chi connectivity index (χ4n) is 7.01. The van der Waals surface area contributed by atoms with Crippen LogP contribution in [0.4, 0.5) is 0 Å². The van der Waals surface area contributed by atoms with E-state index in [1.807, 2.05) is 0 Å². The van der Waals surface area contributed by atoms with Gasteiger partial charge in [0.2, 0.25) is 0 Å². The Bertz CT molecular complexity index is 800. The molecule has 27 heavy (non-hydrogen) atoms. The highest BCUT2D eigenvalue weighted by atomic mass is 16.5. The number of ether oxygens (including phenoxy) is 1. The van der Waals surface area contributed by atoms with Gasteiger partial charge in [0.25, 0.3) is 0 Å². The molecule has 3 nitrogen and oxygen atoms in total. The van der Waals surface area contributed by atoms with Gasteiger partial charge in [-0.1, -0.05) is 26.0 Å². The smallest absolute Gasteiger partial charge is 0.311 e. The van der Waals surface area contributed by atoms with Crippen LogP contribution < -0.4 is 0 Å². The van der Waals surface area contributed by atoms with E-state index in [0.29, 0.717) is 30.0 Å². The summed E-state index contributed by atoms with van der Waals surface area (Å²) < 4.78 is 5.31. The van der Waals surface area contributed by atoms with Crippen LogP contribution in [0.5, 0.6) is 0 Å². The fraction of sp³-hybridized carbons (Fsp3) is 0.667. The summed E-state index contributed by atoms with van der Waals surface area (Å²) in [6.45, 7) is 4.71. The normalized spacial score (nSPS) is 45.0. The SMILES string of the molecule is C[C@]12CCC(/C=C3\CCC(=O)O3)=CC1=CC[C@@H]1[C@@H]2CC[C@]2(C)C(=O)CC[C@@H]12. The van der Waals surface area contributed by atoms with Gasteiger partial charge in [0.05, 0.1) is 6.42 Å². The first-order valence-corrected chi connectivity index (χ1v) is 10.8. The average molecular weight is 367 g/mol. The van der Waals surface area contributed by atoms with E-state index in [1.165, 1.54) is 24.0 Å². The minimum absolute atomic E-state index is 0.0463. The highest BCUT2D eigenvalue weighted by molar-refractivity contribution is 5.87. The molecule has 5 aliphatic rings. The molecule has 5 rings (SSSR count). The fourth-order valence-corrected chi connectivity index (χ4v) is 7.01. The molecule has 0 aromatic carbocycles. The van der Waals surface area contributed by atoms with Gasteiger partial charge in [-0.05, 0) is 78.9 Å². The maximum atomic E-state index is 12.5. The number of fused-ring (bicyclic) bond motifs is 5. The van der Waals surface area contributed by atoms with Crippen LogP contribution in [0.15, 0.2) is 35.1 Å². The van der Waals surface area contributed by atoms with Gasteiger partial charge in [-0.15, -0.1) is 0 Å². The van der Waals surface area contributed by atoms with Crippen molar-refractivity contribution >= 4 is 11.8 Å². The Labute approximate surface area is 161 Å². The van der Waals surface area contributed by atoms with Crippen LogP contribution in [0, 0.1) is 28.6 Å².